The SMILES string of the molecule is CC.COc1ccnc(NC(C)C)n1. The van der Waals surface area contributed by atoms with E-state index in [4.69, 9.17) is 4.74 Å². The molecule has 0 unspecified atom stereocenters. The van der Waals surface area contributed by atoms with E-state index in [-0.39, 0.29) is 0 Å². The van der Waals surface area contributed by atoms with Crippen LogP contribution in [0.1, 0.15) is 27.7 Å². The number of nitrogens with zero attached hydrogens (tertiary/aromatic N) is 2. The van der Waals surface area contributed by atoms with Crippen LogP contribution in [-0.2, 0) is 0 Å². The van der Waals surface area contributed by atoms with Gasteiger partial charge in [0.15, 0.2) is 0 Å². The summed E-state index contributed by atoms with van der Waals surface area (Å²) >= 11 is 0. The van der Waals surface area contributed by atoms with Gasteiger partial charge in [0.25, 0.3) is 0 Å². The predicted octanol–water partition coefficient (Wildman–Crippen LogP) is 2.33. The second-order valence-electron chi connectivity index (χ2n) is 2.72. The largest absolute Gasteiger partial charge is 0.481 e. The first-order chi connectivity index (χ1) is 6.72. The summed E-state index contributed by atoms with van der Waals surface area (Å²) in [6.07, 6.45) is 1.66. The summed E-state index contributed by atoms with van der Waals surface area (Å²) in [5.74, 6) is 1.18. The third-order valence-electron chi connectivity index (χ3n) is 1.26. The van der Waals surface area contributed by atoms with Crippen molar-refractivity contribution in [3.05, 3.63) is 12.3 Å². The first-order valence-corrected chi connectivity index (χ1v) is 4.86. The van der Waals surface area contributed by atoms with Gasteiger partial charge in [-0.05, 0) is 13.8 Å². The van der Waals surface area contributed by atoms with Crippen LogP contribution in [0, 0.1) is 0 Å². The third kappa shape index (κ3) is 4.64. The Labute approximate surface area is 85.7 Å². The van der Waals surface area contributed by atoms with Crippen LogP contribution in [0.15, 0.2) is 12.3 Å². The molecule has 1 rings (SSSR count). The molecule has 0 radical (unpaired) electrons. The Kier molecular flexibility index (Phi) is 6.45. The molecule has 1 aromatic rings. The third-order valence-corrected chi connectivity index (χ3v) is 1.26. The number of aromatic nitrogens is 2. The van der Waals surface area contributed by atoms with Crippen molar-refractivity contribution in [1.82, 2.24) is 9.97 Å². The van der Waals surface area contributed by atoms with E-state index < -0.39 is 0 Å². The van der Waals surface area contributed by atoms with Gasteiger partial charge in [-0.25, -0.2) is 4.98 Å². The summed E-state index contributed by atoms with van der Waals surface area (Å²) in [6.45, 7) is 8.06. The summed E-state index contributed by atoms with van der Waals surface area (Å²) in [7, 11) is 1.58. The highest BCUT2D eigenvalue weighted by Gasteiger charge is 1.99. The minimum absolute atomic E-state index is 0.331. The van der Waals surface area contributed by atoms with Crippen molar-refractivity contribution in [1.29, 1.82) is 0 Å². The second-order valence-corrected chi connectivity index (χ2v) is 2.72. The maximum Gasteiger partial charge on any atom is 0.226 e. The number of methoxy groups -OCH3 is 1. The number of anilines is 1. The first-order valence-electron chi connectivity index (χ1n) is 4.86. The molecule has 1 aromatic heterocycles. The van der Waals surface area contributed by atoms with Gasteiger partial charge in [0, 0.05) is 18.3 Å². The normalized spacial score (nSPS) is 9.00. The van der Waals surface area contributed by atoms with Crippen molar-refractivity contribution in [3.8, 4) is 5.88 Å². The maximum absolute atomic E-state index is 4.95. The first kappa shape index (κ1) is 12.7. The zero-order valence-corrected chi connectivity index (χ0v) is 9.53. The van der Waals surface area contributed by atoms with Crippen LogP contribution in [-0.4, -0.2) is 23.1 Å². The molecule has 1 heterocycles. The van der Waals surface area contributed by atoms with Crippen molar-refractivity contribution in [2.75, 3.05) is 12.4 Å². The molecule has 0 fully saturated rings. The van der Waals surface area contributed by atoms with Crippen LogP contribution >= 0.6 is 0 Å². The molecule has 0 spiro atoms. The molecule has 0 aliphatic rings. The lowest BCUT2D eigenvalue weighted by molar-refractivity contribution is 0.397. The summed E-state index contributed by atoms with van der Waals surface area (Å²) in [5.41, 5.74) is 0. The van der Waals surface area contributed by atoms with Crippen molar-refractivity contribution in [2.24, 2.45) is 0 Å². The minimum atomic E-state index is 0.331. The van der Waals surface area contributed by atoms with E-state index in [0.717, 1.165) is 0 Å². The van der Waals surface area contributed by atoms with E-state index in [0.29, 0.717) is 17.9 Å². The second kappa shape index (κ2) is 7.12. The van der Waals surface area contributed by atoms with E-state index in [2.05, 4.69) is 15.3 Å². The van der Waals surface area contributed by atoms with E-state index in [1.54, 1.807) is 19.4 Å². The molecule has 0 aliphatic carbocycles. The van der Waals surface area contributed by atoms with Gasteiger partial charge in [-0.15, -0.1) is 0 Å². The highest BCUT2D eigenvalue weighted by Crippen LogP contribution is 2.07. The van der Waals surface area contributed by atoms with Crippen molar-refractivity contribution in [2.45, 2.75) is 33.7 Å². The molecular formula is C10H19N3O. The topological polar surface area (TPSA) is 47.0 Å². The van der Waals surface area contributed by atoms with Gasteiger partial charge >= 0.3 is 0 Å². The summed E-state index contributed by atoms with van der Waals surface area (Å²) < 4.78 is 4.95. The fraction of sp³-hybridized carbons (Fsp3) is 0.600. The van der Waals surface area contributed by atoms with Gasteiger partial charge < -0.3 is 10.1 Å². The number of hydrogen-bond acceptors (Lipinski definition) is 4. The van der Waals surface area contributed by atoms with Gasteiger partial charge in [-0.1, -0.05) is 13.8 Å². The Hall–Kier alpha value is -1.32. The van der Waals surface area contributed by atoms with E-state index >= 15 is 0 Å². The van der Waals surface area contributed by atoms with Crippen LogP contribution in [0.5, 0.6) is 5.88 Å². The Balaban J connectivity index is 0.000000791. The standard InChI is InChI=1S/C8H13N3O.C2H6/c1-6(2)10-8-9-5-4-7(11-8)12-3;1-2/h4-6H,1-3H3,(H,9,10,11);1-2H3. The molecule has 14 heavy (non-hydrogen) atoms. The predicted molar refractivity (Wildman–Crippen MR) is 58.7 cm³/mol. The molecule has 0 amide bonds. The van der Waals surface area contributed by atoms with E-state index in [1.165, 1.54) is 0 Å². The molecule has 80 valence electrons. The number of rotatable bonds is 3. The summed E-state index contributed by atoms with van der Waals surface area (Å²) in [4.78, 5) is 8.11. The molecular weight excluding hydrogens is 178 g/mol. The zero-order chi connectivity index (χ0) is 11.0. The van der Waals surface area contributed by atoms with Gasteiger partial charge in [0.1, 0.15) is 0 Å². The molecule has 4 nitrogen and oxygen atoms in total. The Morgan fingerprint density at radius 1 is 1.36 bits per heavy atom. The Morgan fingerprint density at radius 2 is 2.00 bits per heavy atom. The molecule has 0 saturated heterocycles. The highest BCUT2D eigenvalue weighted by molar-refractivity contribution is 5.27. The fourth-order valence-electron chi connectivity index (χ4n) is 0.784. The molecule has 0 aromatic carbocycles. The van der Waals surface area contributed by atoms with Gasteiger partial charge in [-0.3, -0.25) is 0 Å². The average Bonchev–Trinajstić information content (AvgIpc) is 2.20. The van der Waals surface area contributed by atoms with Crippen LogP contribution in [0.2, 0.25) is 0 Å². The molecule has 0 aliphatic heterocycles. The number of hydrogen-bond donors (Lipinski definition) is 1. The van der Waals surface area contributed by atoms with Crippen molar-refractivity contribution in [3.63, 3.8) is 0 Å². The van der Waals surface area contributed by atoms with E-state index in [1.807, 2.05) is 27.7 Å². The zero-order valence-electron chi connectivity index (χ0n) is 9.53. The van der Waals surface area contributed by atoms with Gasteiger partial charge in [-0.2, -0.15) is 4.98 Å². The monoisotopic (exact) mass is 197 g/mol. The minimum Gasteiger partial charge on any atom is -0.481 e. The van der Waals surface area contributed by atoms with Crippen LogP contribution in [0.3, 0.4) is 0 Å². The molecule has 0 bridgehead atoms. The maximum atomic E-state index is 4.95. The quantitative estimate of drug-likeness (QED) is 0.807. The highest BCUT2D eigenvalue weighted by atomic mass is 16.5. The molecule has 4 heteroatoms. The van der Waals surface area contributed by atoms with E-state index in [9.17, 15) is 0 Å². The van der Waals surface area contributed by atoms with Crippen LogP contribution < -0.4 is 10.1 Å². The lowest BCUT2D eigenvalue weighted by Crippen LogP contribution is -2.12. The lowest BCUT2D eigenvalue weighted by atomic mass is 10.4. The fourth-order valence-corrected chi connectivity index (χ4v) is 0.784. The molecule has 0 saturated carbocycles. The lowest BCUT2D eigenvalue weighted by Gasteiger charge is -2.07. The van der Waals surface area contributed by atoms with Crippen LogP contribution in [0.4, 0.5) is 5.95 Å². The van der Waals surface area contributed by atoms with Crippen LogP contribution in [0.25, 0.3) is 0 Å². The Bertz CT molecular complexity index is 251. The van der Waals surface area contributed by atoms with Crippen molar-refractivity contribution >= 4 is 5.95 Å². The average molecular weight is 197 g/mol. The van der Waals surface area contributed by atoms with Crippen molar-refractivity contribution < 1.29 is 4.74 Å². The van der Waals surface area contributed by atoms with Gasteiger partial charge in [0.05, 0.1) is 7.11 Å². The summed E-state index contributed by atoms with van der Waals surface area (Å²) in [6, 6.07) is 2.04. The van der Waals surface area contributed by atoms with Gasteiger partial charge in [0.2, 0.25) is 11.8 Å². The molecule has 1 N–H and O–H groups in total. The number of ether oxygens (including phenoxy) is 1. The Morgan fingerprint density at radius 3 is 2.50 bits per heavy atom. The smallest absolute Gasteiger partial charge is 0.226 e. The molecule has 0 atom stereocenters. The summed E-state index contributed by atoms with van der Waals surface area (Å²) in [5, 5.41) is 3.08. The number of nitrogens with one attached hydrogen (secondary N) is 1.